The molecule has 1 N–H and O–H groups in total. The zero-order valence-corrected chi connectivity index (χ0v) is 16.4. The summed E-state index contributed by atoms with van der Waals surface area (Å²) in [5, 5.41) is 2.96. The number of amides is 2. The third-order valence-corrected chi connectivity index (χ3v) is 5.97. The van der Waals surface area contributed by atoms with Crippen LogP contribution in [0.3, 0.4) is 0 Å². The summed E-state index contributed by atoms with van der Waals surface area (Å²) in [6.07, 6.45) is 3.86. The Morgan fingerprint density at radius 3 is 2.87 bits per heavy atom. The molecule has 6 nitrogen and oxygen atoms in total. The molecule has 0 saturated carbocycles. The van der Waals surface area contributed by atoms with Gasteiger partial charge in [-0.25, -0.2) is 8.78 Å². The van der Waals surface area contributed by atoms with Gasteiger partial charge in [0.05, 0.1) is 18.6 Å². The number of nitrogens with zero attached hydrogens (tertiary/aromatic N) is 2. The van der Waals surface area contributed by atoms with Crippen molar-refractivity contribution >= 4 is 11.8 Å². The van der Waals surface area contributed by atoms with Crippen LogP contribution in [0.25, 0.3) is 0 Å². The van der Waals surface area contributed by atoms with Crippen LogP contribution in [0.5, 0.6) is 0 Å². The first-order valence-electron chi connectivity index (χ1n) is 9.94. The Bertz CT molecular complexity index is 940. The largest absolute Gasteiger partial charge is 0.380 e. The normalized spacial score (nSPS) is 22.7. The Kier molecular flexibility index (Phi) is 5.76. The van der Waals surface area contributed by atoms with Crippen molar-refractivity contribution in [3.63, 3.8) is 0 Å². The molecule has 1 aromatic carbocycles. The van der Waals surface area contributed by atoms with E-state index >= 15 is 0 Å². The number of hydrogen-bond donors (Lipinski definition) is 1. The van der Waals surface area contributed by atoms with E-state index in [9.17, 15) is 18.4 Å². The number of ether oxygens (including phenoxy) is 1. The molecule has 0 aliphatic carbocycles. The van der Waals surface area contributed by atoms with Crippen LogP contribution in [0.4, 0.5) is 8.78 Å². The molecule has 8 heteroatoms. The molecule has 2 aliphatic heterocycles. The van der Waals surface area contributed by atoms with Crippen LogP contribution in [0.2, 0.25) is 0 Å². The minimum Gasteiger partial charge on any atom is -0.380 e. The van der Waals surface area contributed by atoms with Crippen molar-refractivity contribution in [3.05, 3.63) is 65.5 Å². The van der Waals surface area contributed by atoms with Crippen molar-refractivity contribution in [3.8, 4) is 0 Å². The van der Waals surface area contributed by atoms with Crippen LogP contribution in [-0.2, 0) is 27.3 Å². The average molecular weight is 415 g/mol. The highest BCUT2D eigenvalue weighted by Gasteiger charge is 2.56. The highest BCUT2D eigenvalue weighted by molar-refractivity contribution is 5.86. The molecule has 3 heterocycles. The lowest BCUT2D eigenvalue weighted by Crippen LogP contribution is -2.46. The molecule has 158 valence electrons. The monoisotopic (exact) mass is 415 g/mol. The minimum absolute atomic E-state index is 0.0568. The van der Waals surface area contributed by atoms with Crippen LogP contribution in [0.1, 0.15) is 17.5 Å². The quantitative estimate of drug-likeness (QED) is 0.784. The SMILES string of the molecule is O=C(CCc1ccc(F)c(F)c1)N1C[C@H]2COC[C@@]2(C(=O)NCc2cccnc2)C1. The van der Waals surface area contributed by atoms with Gasteiger partial charge in [0.25, 0.3) is 0 Å². The highest BCUT2D eigenvalue weighted by Crippen LogP contribution is 2.41. The Hall–Kier alpha value is -2.87. The first-order valence-corrected chi connectivity index (χ1v) is 9.94. The summed E-state index contributed by atoms with van der Waals surface area (Å²) >= 11 is 0. The number of fused-ring (bicyclic) bond motifs is 1. The highest BCUT2D eigenvalue weighted by atomic mass is 19.2. The summed E-state index contributed by atoms with van der Waals surface area (Å²) in [5.74, 6) is -2.11. The van der Waals surface area contributed by atoms with Crippen LogP contribution in [-0.4, -0.2) is 48.0 Å². The second-order valence-electron chi connectivity index (χ2n) is 7.93. The van der Waals surface area contributed by atoms with Gasteiger partial charge >= 0.3 is 0 Å². The molecule has 30 heavy (non-hydrogen) atoms. The summed E-state index contributed by atoms with van der Waals surface area (Å²) in [5.41, 5.74) is 0.712. The number of carbonyl (C=O) groups excluding carboxylic acids is 2. The van der Waals surface area contributed by atoms with Crippen LogP contribution in [0.15, 0.2) is 42.7 Å². The van der Waals surface area contributed by atoms with Crippen LogP contribution in [0, 0.1) is 23.0 Å². The maximum absolute atomic E-state index is 13.4. The summed E-state index contributed by atoms with van der Waals surface area (Å²) < 4.78 is 32.0. The predicted octanol–water partition coefficient (Wildman–Crippen LogP) is 2.08. The van der Waals surface area contributed by atoms with Crippen molar-refractivity contribution in [1.82, 2.24) is 15.2 Å². The van der Waals surface area contributed by atoms with Gasteiger partial charge in [0, 0.05) is 44.4 Å². The van der Waals surface area contributed by atoms with Crippen LogP contribution < -0.4 is 5.32 Å². The lowest BCUT2D eigenvalue weighted by molar-refractivity contribution is -0.134. The number of rotatable bonds is 6. The van der Waals surface area contributed by atoms with E-state index in [0.717, 1.165) is 17.7 Å². The van der Waals surface area contributed by atoms with Gasteiger partial charge in [0.2, 0.25) is 11.8 Å². The van der Waals surface area contributed by atoms with Gasteiger partial charge < -0.3 is 15.0 Å². The first kappa shape index (κ1) is 20.4. The standard InChI is InChI=1S/C22H23F2N3O3/c23-18-5-3-15(8-19(18)24)4-6-20(28)27-11-17-12-30-14-22(17,13-27)21(29)26-10-16-2-1-7-25-9-16/h1-3,5,7-9,17H,4,6,10-14H2,(H,26,29)/t17-,22-/m0/s1. The van der Waals surface area contributed by atoms with Crippen molar-refractivity contribution < 1.29 is 23.1 Å². The summed E-state index contributed by atoms with van der Waals surface area (Å²) in [6, 6.07) is 7.35. The van der Waals surface area contributed by atoms with Crippen molar-refractivity contribution in [2.75, 3.05) is 26.3 Å². The number of carbonyl (C=O) groups is 2. The fraction of sp³-hybridized carbons (Fsp3) is 0.409. The molecular formula is C22H23F2N3O3. The van der Waals surface area contributed by atoms with E-state index in [1.54, 1.807) is 17.3 Å². The molecule has 2 aromatic rings. The Labute approximate surface area is 173 Å². The van der Waals surface area contributed by atoms with E-state index in [1.807, 2.05) is 12.1 Å². The maximum atomic E-state index is 13.4. The Morgan fingerprint density at radius 2 is 2.10 bits per heavy atom. The topological polar surface area (TPSA) is 71.5 Å². The number of nitrogens with one attached hydrogen (secondary N) is 1. The van der Waals surface area contributed by atoms with Gasteiger partial charge in [0.1, 0.15) is 0 Å². The lowest BCUT2D eigenvalue weighted by atomic mass is 9.80. The second kappa shape index (κ2) is 8.47. The molecule has 0 bridgehead atoms. The minimum atomic E-state index is -0.919. The van der Waals surface area contributed by atoms with E-state index in [1.165, 1.54) is 6.07 Å². The zero-order chi connectivity index (χ0) is 21.1. The van der Waals surface area contributed by atoms with E-state index in [4.69, 9.17) is 4.74 Å². The van der Waals surface area contributed by atoms with Crippen molar-refractivity contribution in [2.24, 2.45) is 11.3 Å². The van der Waals surface area contributed by atoms with Gasteiger partial charge in [-0.2, -0.15) is 0 Å². The van der Waals surface area contributed by atoms with E-state index < -0.39 is 17.0 Å². The number of benzene rings is 1. The summed E-state index contributed by atoms with van der Waals surface area (Å²) in [4.78, 5) is 31.5. The zero-order valence-electron chi connectivity index (χ0n) is 16.4. The molecule has 2 saturated heterocycles. The average Bonchev–Trinajstić information content (AvgIpc) is 3.32. The first-order chi connectivity index (χ1) is 14.5. The molecule has 2 fully saturated rings. The second-order valence-corrected chi connectivity index (χ2v) is 7.93. The van der Waals surface area contributed by atoms with Gasteiger partial charge in [-0.15, -0.1) is 0 Å². The number of halogens is 2. The number of aromatic nitrogens is 1. The molecular weight excluding hydrogens is 392 g/mol. The summed E-state index contributed by atoms with van der Waals surface area (Å²) in [7, 11) is 0. The number of aryl methyl sites for hydroxylation is 1. The van der Waals surface area contributed by atoms with E-state index in [2.05, 4.69) is 10.3 Å². The number of likely N-dealkylation sites (tertiary alicyclic amines) is 1. The van der Waals surface area contributed by atoms with Crippen molar-refractivity contribution in [1.29, 1.82) is 0 Å². The fourth-order valence-corrected chi connectivity index (χ4v) is 4.21. The molecule has 2 amide bonds. The van der Waals surface area contributed by atoms with Gasteiger partial charge in [-0.3, -0.25) is 14.6 Å². The molecule has 2 aliphatic rings. The lowest BCUT2D eigenvalue weighted by Gasteiger charge is -2.26. The Morgan fingerprint density at radius 1 is 1.23 bits per heavy atom. The molecule has 0 radical (unpaired) electrons. The molecule has 2 atom stereocenters. The predicted molar refractivity (Wildman–Crippen MR) is 104 cm³/mol. The third-order valence-electron chi connectivity index (χ3n) is 5.97. The fourth-order valence-electron chi connectivity index (χ4n) is 4.21. The third kappa shape index (κ3) is 4.05. The maximum Gasteiger partial charge on any atom is 0.231 e. The number of pyridine rings is 1. The van der Waals surface area contributed by atoms with E-state index in [-0.39, 0.29) is 30.8 Å². The molecule has 4 rings (SSSR count). The van der Waals surface area contributed by atoms with Crippen molar-refractivity contribution in [2.45, 2.75) is 19.4 Å². The number of hydrogen-bond acceptors (Lipinski definition) is 4. The Balaban J connectivity index is 1.36. The van der Waals surface area contributed by atoms with Crippen LogP contribution >= 0.6 is 0 Å². The molecule has 0 unspecified atom stereocenters. The molecule has 1 aromatic heterocycles. The molecule has 0 spiro atoms. The van der Waals surface area contributed by atoms with Gasteiger partial charge in [-0.05, 0) is 35.7 Å². The van der Waals surface area contributed by atoms with E-state index in [0.29, 0.717) is 38.2 Å². The van der Waals surface area contributed by atoms with Gasteiger partial charge in [-0.1, -0.05) is 12.1 Å². The van der Waals surface area contributed by atoms with Gasteiger partial charge in [0.15, 0.2) is 11.6 Å². The smallest absolute Gasteiger partial charge is 0.231 e. The summed E-state index contributed by atoms with van der Waals surface area (Å²) in [6.45, 7) is 1.84.